The van der Waals surface area contributed by atoms with E-state index in [0.29, 0.717) is 5.89 Å². The molecule has 7 aromatic rings. The Morgan fingerprint density at radius 3 is 1.55 bits per heavy atom. The van der Waals surface area contributed by atoms with Crippen LogP contribution in [0.1, 0.15) is 158 Å². The largest absolute Gasteiger partial charge is 0.427 e. The van der Waals surface area contributed by atoms with Crippen molar-refractivity contribution in [2.75, 3.05) is 0 Å². The van der Waals surface area contributed by atoms with Crippen molar-refractivity contribution in [3.8, 4) is 0 Å². The van der Waals surface area contributed by atoms with Gasteiger partial charge in [0.2, 0.25) is 12.3 Å². The zero-order valence-corrected chi connectivity index (χ0v) is 40.1. The minimum atomic E-state index is -0.0174. The minimum Gasteiger partial charge on any atom is -0.427 e. The highest BCUT2D eigenvalue weighted by atomic mass is 32.1. The van der Waals surface area contributed by atoms with Crippen molar-refractivity contribution in [3.63, 3.8) is 0 Å². The standard InChI is InChI=1S/C11H14N2.2C8H12N2.C7H11NS.C6H10N2O.C5H10N4/c1-11(2,3)9-8-12-10-6-4-5-7-13(9)10;1-8(2,3)7-4-9-6-10-5-7;1-8(2,3)7-9-5-4-6-10-7;1-7(2,3)6-8-4-5-9-6;1-6(2,3)5-8-7-4-9-5;1-5(2,3)4-6-8-9-7-4/h4-8H,1-3H3;2*4-6H,1-3H3;4-5H,1-3H3;4H,1-3H3;1-3H3,(H,6,7,8,9). The number of nitrogens with zero attached hydrogens (tertiary/aromatic N) is 12. The number of aromatic amines is 1. The summed E-state index contributed by atoms with van der Waals surface area (Å²) in [6, 6.07) is 7.89. The van der Waals surface area contributed by atoms with Crippen LogP contribution in [-0.4, -0.2) is 65.1 Å². The molecule has 60 heavy (non-hydrogen) atoms. The van der Waals surface area contributed by atoms with E-state index in [4.69, 9.17) is 4.42 Å². The molecule has 326 valence electrons. The number of rotatable bonds is 0. The third-order valence-corrected chi connectivity index (χ3v) is 9.14. The molecule has 0 bridgehead atoms. The quantitative estimate of drug-likeness (QED) is 0.153. The van der Waals surface area contributed by atoms with Crippen LogP contribution >= 0.6 is 11.3 Å². The topological polar surface area (TPSA) is 175 Å². The van der Waals surface area contributed by atoms with Gasteiger partial charge in [-0.25, -0.2) is 29.9 Å². The lowest BCUT2D eigenvalue weighted by atomic mass is 9.89. The van der Waals surface area contributed by atoms with Crippen LogP contribution < -0.4 is 0 Å². The fourth-order valence-electron chi connectivity index (χ4n) is 4.43. The van der Waals surface area contributed by atoms with Crippen molar-refractivity contribution in [3.05, 3.63) is 120 Å². The van der Waals surface area contributed by atoms with E-state index < -0.39 is 0 Å². The molecule has 14 nitrogen and oxygen atoms in total. The van der Waals surface area contributed by atoms with E-state index in [-0.39, 0.29) is 32.5 Å². The number of imidazole rings is 1. The maximum absolute atomic E-state index is 4.98. The Bertz CT molecular complexity index is 1990. The van der Waals surface area contributed by atoms with Gasteiger partial charge in [0.1, 0.15) is 17.8 Å². The van der Waals surface area contributed by atoms with Crippen molar-refractivity contribution < 1.29 is 4.42 Å². The second-order valence-corrected chi connectivity index (χ2v) is 21.0. The maximum atomic E-state index is 4.98. The van der Waals surface area contributed by atoms with Gasteiger partial charge in [0, 0.05) is 81.5 Å². The van der Waals surface area contributed by atoms with Crippen molar-refractivity contribution in [1.29, 1.82) is 0 Å². The highest BCUT2D eigenvalue weighted by Gasteiger charge is 2.20. The number of nitrogens with one attached hydrogen (secondary N) is 1. The molecule has 0 spiro atoms. The second-order valence-electron chi connectivity index (χ2n) is 20.1. The lowest BCUT2D eigenvalue weighted by Gasteiger charge is -2.17. The smallest absolute Gasteiger partial charge is 0.221 e. The second kappa shape index (κ2) is 21.8. The van der Waals surface area contributed by atoms with E-state index in [9.17, 15) is 0 Å². The molecule has 7 heterocycles. The Morgan fingerprint density at radius 2 is 1.20 bits per heavy atom. The van der Waals surface area contributed by atoms with Gasteiger partial charge >= 0.3 is 0 Å². The molecule has 0 aliphatic carbocycles. The summed E-state index contributed by atoms with van der Waals surface area (Å²) in [4.78, 5) is 24.7. The molecule has 0 aliphatic heterocycles. The van der Waals surface area contributed by atoms with Crippen molar-refractivity contribution in [1.82, 2.24) is 65.1 Å². The highest BCUT2D eigenvalue weighted by molar-refractivity contribution is 7.09. The maximum Gasteiger partial charge on any atom is 0.221 e. The van der Waals surface area contributed by atoms with Crippen LogP contribution in [0.25, 0.3) is 5.65 Å². The summed E-state index contributed by atoms with van der Waals surface area (Å²) in [5.41, 5.74) is 4.06. The van der Waals surface area contributed by atoms with Crippen LogP contribution in [0.3, 0.4) is 0 Å². The lowest BCUT2D eigenvalue weighted by Crippen LogP contribution is -2.14. The third-order valence-electron chi connectivity index (χ3n) is 7.94. The van der Waals surface area contributed by atoms with Crippen LogP contribution in [0.5, 0.6) is 0 Å². The molecule has 0 fully saturated rings. The predicted molar refractivity (Wildman–Crippen MR) is 242 cm³/mol. The van der Waals surface area contributed by atoms with Crippen molar-refractivity contribution in [2.45, 2.75) is 157 Å². The number of pyridine rings is 1. The molecule has 0 aromatic carbocycles. The number of tetrazole rings is 1. The van der Waals surface area contributed by atoms with Gasteiger partial charge in [-0.1, -0.05) is 136 Å². The van der Waals surface area contributed by atoms with E-state index in [2.05, 4.69) is 154 Å². The summed E-state index contributed by atoms with van der Waals surface area (Å²) in [5.74, 6) is 2.33. The fraction of sp³-hybridized carbons (Fsp3) is 0.533. The monoisotopic (exact) mass is 840 g/mol. The van der Waals surface area contributed by atoms with E-state index in [0.717, 1.165) is 17.3 Å². The van der Waals surface area contributed by atoms with E-state index in [1.807, 2.05) is 96.0 Å². The Morgan fingerprint density at radius 1 is 0.583 bits per heavy atom. The van der Waals surface area contributed by atoms with Crippen molar-refractivity contribution in [2.24, 2.45) is 0 Å². The molecule has 0 aliphatic rings. The van der Waals surface area contributed by atoms with E-state index in [1.165, 1.54) is 22.7 Å². The molecular formula is C45H69N13OS. The molecule has 0 atom stereocenters. The number of fused-ring (bicyclic) bond motifs is 1. The normalized spacial score (nSPS) is 11.8. The highest BCUT2D eigenvalue weighted by Crippen LogP contribution is 2.24. The first-order chi connectivity index (χ1) is 27.6. The molecule has 7 aromatic heterocycles. The van der Waals surface area contributed by atoms with Gasteiger partial charge in [-0.3, -0.25) is 0 Å². The van der Waals surface area contributed by atoms with Gasteiger partial charge in [-0.15, -0.1) is 31.7 Å². The summed E-state index contributed by atoms with van der Waals surface area (Å²) in [6.07, 6.45) is 16.0. The first-order valence-corrected chi connectivity index (χ1v) is 20.9. The molecule has 0 unspecified atom stereocenters. The van der Waals surface area contributed by atoms with Gasteiger partial charge in [0.15, 0.2) is 5.82 Å². The SMILES string of the molecule is CC(C)(C)c1cnc2ccccn12.CC(C)(C)c1cncnc1.CC(C)(C)c1ncccn1.CC(C)(C)c1nccs1.CC(C)(C)c1nn[nH]n1.CC(C)(C)c1nnco1. The Balaban J connectivity index is 0.000000250. The van der Waals surface area contributed by atoms with Gasteiger partial charge < -0.3 is 8.82 Å². The average Bonchev–Trinajstić information content (AvgIpc) is 4.00. The lowest BCUT2D eigenvalue weighted by molar-refractivity contribution is 0.392. The number of hydrogen-bond donors (Lipinski definition) is 1. The number of aromatic nitrogens is 13. The number of hydrogen-bond acceptors (Lipinski definition) is 13. The Kier molecular flexibility index (Phi) is 18.5. The summed E-state index contributed by atoms with van der Waals surface area (Å²) >= 11 is 1.72. The van der Waals surface area contributed by atoms with Crippen LogP contribution in [0.2, 0.25) is 0 Å². The molecule has 0 radical (unpaired) electrons. The predicted octanol–water partition coefficient (Wildman–Crippen LogP) is 10.5. The fourth-order valence-corrected chi connectivity index (χ4v) is 5.16. The van der Waals surface area contributed by atoms with Gasteiger partial charge in [-0.05, 0) is 29.2 Å². The number of H-pyrrole nitrogens is 1. The van der Waals surface area contributed by atoms with Gasteiger partial charge in [-0.2, -0.15) is 5.21 Å². The summed E-state index contributed by atoms with van der Waals surface area (Å²) < 4.78 is 7.11. The molecule has 1 N–H and O–H groups in total. The van der Waals surface area contributed by atoms with Gasteiger partial charge in [0.25, 0.3) is 0 Å². The molecule has 0 saturated carbocycles. The molecule has 0 saturated heterocycles. The summed E-state index contributed by atoms with van der Waals surface area (Å²) in [6.45, 7) is 38.0. The van der Waals surface area contributed by atoms with E-state index in [1.54, 1.807) is 30.1 Å². The van der Waals surface area contributed by atoms with Gasteiger partial charge in [0.05, 0.1) is 5.01 Å². The molecular weight excluding hydrogens is 771 g/mol. The Labute approximate surface area is 362 Å². The molecule has 0 amide bonds. The van der Waals surface area contributed by atoms with Crippen LogP contribution in [0, 0.1) is 0 Å². The zero-order chi connectivity index (χ0) is 45.4. The van der Waals surface area contributed by atoms with Crippen LogP contribution in [0.4, 0.5) is 0 Å². The van der Waals surface area contributed by atoms with Crippen molar-refractivity contribution >= 4 is 17.0 Å². The zero-order valence-electron chi connectivity index (χ0n) is 39.3. The molecule has 7 rings (SSSR count). The van der Waals surface area contributed by atoms with Crippen LogP contribution in [-0.2, 0) is 32.5 Å². The average molecular weight is 840 g/mol. The first-order valence-electron chi connectivity index (χ1n) is 20.0. The summed E-state index contributed by atoms with van der Waals surface area (Å²) in [7, 11) is 0. The molecule has 15 heteroatoms. The first kappa shape index (κ1) is 50.8. The van der Waals surface area contributed by atoms with E-state index >= 15 is 0 Å². The third kappa shape index (κ3) is 18.3. The minimum absolute atomic E-state index is 0.00694. The summed E-state index contributed by atoms with van der Waals surface area (Å²) in [5, 5.41) is 24.1. The number of thiazole rings is 1. The van der Waals surface area contributed by atoms with Crippen LogP contribution in [0.15, 0.2) is 90.2 Å². The Hall–Kier alpha value is -5.31.